The van der Waals surface area contributed by atoms with E-state index in [1.807, 2.05) is 0 Å². The molecule has 0 saturated heterocycles. The van der Waals surface area contributed by atoms with E-state index < -0.39 is 12.3 Å². The van der Waals surface area contributed by atoms with Crippen LogP contribution in [0.25, 0.3) is 0 Å². The van der Waals surface area contributed by atoms with E-state index in [0.717, 1.165) is 0 Å². The minimum Gasteiger partial charge on any atom is -0.404 e. The number of nitrogens with one attached hydrogen (secondary N) is 1. The van der Waals surface area contributed by atoms with Gasteiger partial charge in [0.15, 0.2) is 5.75 Å². The van der Waals surface area contributed by atoms with Crippen molar-refractivity contribution < 1.29 is 22.7 Å². The van der Waals surface area contributed by atoms with Crippen LogP contribution in [0.15, 0.2) is 18.2 Å². The highest BCUT2D eigenvalue weighted by Crippen LogP contribution is 2.42. The van der Waals surface area contributed by atoms with E-state index in [-0.39, 0.29) is 17.3 Å². The largest absolute Gasteiger partial charge is 0.573 e. The minimum atomic E-state index is -4.76. The van der Waals surface area contributed by atoms with Crippen LogP contribution in [0.5, 0.6) is 5.75 Å². The molecule has 3 nitrogen and oxygen atoms in total. The highest BCUT2D eigenvalue weighted by Gasteiger charge is 2.36. The molecule has 17 heavy (non-hydrogen) atoms. The van der Waals surface area contributed by atoms with Gasteiger partial charge >= 0.3 is 6.36 Å². The van der Waals surface area contributed by atoms with Crippen LogP contribution < -0.4 is 10.1 Å². The van der Waals surface area contributed by atoms with Crippen molar-refractivity contribution in [1.29, 1.82) is 0 Å². The molecular weight excluding hydrogens is 235 g/mol. The molecule has 1 amide bonds. The lowest BCUT2D eigenvalue weighted by Gasteiger charge is -2.12. The Balaban J connectivity index is 2.40. The van der Waals surface area contributed by atoms with Crippen molar-refractivity contribution in [2.45, 2.75) is 25.6 Å². The van der Waals surface area contributed by atoms with Crippen molar-refractivity contribution in [1.82, 2.24) is 0 Å². The van der Waals surface area contributed by atoms with Crippen molar-refractivity contribution in [3.8, 4) is 5.75 Å². The average Bonchev–Trinajstić information content (AvgIpc) is 2.53. The number of carbonyl (C=O) groups is 1. The summed E-state index contributed by atoms with van der Waals surface area (Å²) in [5, 5.41) is 2.43. The van der Waals surface area contributed by atoms with Gasteiger partial charge in [-0.1, -0.05) is 19.1 Å². The molecular formula is C11H10F3NO2. The van der Waals surface area contributed by atoms with Crippen LogP contribution in [0.3, 0.4) is 0 Å². The normalized spacial score (nSPS) is 18.8. The maximum Gasteiger partial charge on any atom is 0.573 e. The summed E-state index contributed by atoms with van der Waals surface area (Å²) < 4.78 is 40.3. The van der Waals surface area contributed by atoms with Gasteiger partial charge in [-0.2, -0.15) is 0 Å². The van der Waals surface area contributed by atoms with Gasteiger partial charge in [0.1, 0.15) is 0 Å². The fourth-order valence-electron chi connectivity index (χ4n) is 1.94. The van der Waals surface area contributed by atoms with E-state index in [0.29, 0.717) is 12.0 Å². The van der Waals surface area contributed by atoms with E-state index in [1.165, 1.54) is 12.1 Å². The number of alkyl halides is 3. The van der Waals surface area contributed by atoms with Crippen molar-refractivity contribution >= 4 is 11.6 Å². The van der Waals surface area contributed by atoms with E-state index in [4.69, 9.17) is 0 Å². The molecule has 0 bridgehead atoms. The monoisotopic (exact) mass is 245 g/mol. The second-order valence-electron chi connectivity index (χ2n) is 3.72. The third kappa shape index (κ3) is 2.20. The number of para-hydroxylation sites is 1. The van der Waals surface area contributed by atoms with Gasteiger partial charge in [0, 0.05) is 0 Å². The van der Waals surface area contributed by atoms with E-state index in [9.17, 15) is 18.0 Å². The molecule has 1 aromatic carbocycles. The van der Waals surface area contributed by atoms with Crippen LogP contribution in [-0.4, -0.2) is 12.3 Å². The Morgan fingerprint density at radius 1 is 1.41 bits per heavy atom. The number of amides is 1. The molecule has 0 saturated carbocycles. The van der Waals surface area contributed by atoms with Crippen LogP contribution in [0.4, 0.5) is 18.9 Å². The Morgan fingerprint density at radius 2 is 2.12 bits per heavy atom. The zero-order valence-corrected chi connectivity index (χ0v) is 8.97. The number of carbonyl (C=O) groups excluding carboxylic acids is 1. The summed E-state index contributed by atoms with van der Waals surface area (Å²) in [5.41, 5.74) is 0.681. The standard InChI is InChI=1S/C11H10F3NO2/c1-2-6-7-4-3-5-8(17-11(12,13)14)9(7)15-10(6)16/h3-6H,2H2,1H3,(H,15,16). The lowest BCUT2D eigenvalue weighted by molar-refractivity contribution is -0.274. The first-order valence-electron chi connectivity index (χ1n) is 5.12. The van der Waals surface area contributed by atoms with Gasteiger partial charge in [-0.05, 0) is 18.1 Å². The summed E-state index contributed by atoms with van der Waals surface area (Å²) in [5.74, 6) is -1.05. The molecule has 6 heteroatoms. The van der Waals surface area contributed by atoms with Crippen molar-refractivity contribution in [2.75, 3.05) is 5.32 Å². The summed E-state index contributed by atoms with van der Waals surface area (Å²) in [4.78, 5) is 11.5. The van der Waals surface area contributed by atoms with Gasteiger partial charge < -0.3 is 10.1 Å². The van der Waals surface area contributed by atoms with Crippen LogP contribution in [0, 0.1) is 0 Å². The summed E-state index contributed by atoms with van der Waals surface area (Å²) >= 11 is 0. The first-order chi connectivity index (χ1) is 7.92. The van der Waals surface area contributed by atoms with Crippen LogP contribution in [-0.2, 0) is 4.79 Å². The molecule has 0 fully saturated rings. The number of hydrogen-bond donors (Lipinski definition) is 1. The SMILES string of the molecule is CCC1C(=O)Nc2c(OC(F)(F)F)cccc21. The van der Waals surface area contributed by atoms with Crippen molar-refractivity contribution in [3.05, 3.63) is 23.8 Å². The van der Waals surface area contributed by atoms with Gasteiger partial charge in [-0.3, -0.25) is 4.79 Å². The molecule has 0 spiro atoms. The predicted octanol–water partition coefficient (Wildman–Crippen LogP) is 3.03. The van der Waals surface area contributed by atoms with Gasteiger partial charge in [0.2, 0.25) is 5.91 Å². The second-order valence-corrected chi connectivity index (χ2v) is 3.72. The van der Waals surface area contributed by atoms with Crippen molar-refractivity contribution in [2.24, 2.45) is 0 Å². The first-order valence-corrected chi connectivity index (χ1v) is 5.12. The Kier molecular flexibility index (Phi) is 2.73. The smallest absolute Gasteiger partial charge is 0.404 e. The predicted molar refractivity (Wildman–Crippen MR) is 54.8 cm³/mol. The maximum atomic E-state index is 12.2. The molecule has 1 aliphatic heterocycles. The molecule has 1 aliphatic rings. The lowest BCUT2D eigenvalue weighted by Crippen LogP contribution is -2.18. The number of fused-ring (bicyclic) bond motifs is 1. The molecule has 2 rings (SSSR count). The number of anilines is 1. The van der Waals surface area contributed by atoms with Gasteiger partial charge in [0.25, 0.3) is 0 Å². The molecule has 1 aromatic rings. The van der Waals surface area contributed by atoms with Crippen LogP contribution in [0.1, 0.15) is 24.8 Å². The molecule has 1 unspecified atom stereocenters. The fourth-order valence-corrected chi connectivity index (χ4v) is 1.94. The topological polar surface area (TPSA) is 38.3 Å². The lowest BCUT2D eigenvalue weighted by atomic mass is 9.98. The summed E-state index contributed by atoms with van der Waals surface area (Å²) in [6.45, 7) is 1.80. The Morgan fingerprint density at radius 3 is 2.71 bits per heavy atom. The number of ether oxygens (including phenoxy) is 1. The number of halogens is 3. The van der Waals surface area contributed by atoms with Gasteiger partial charge in [0.05, 0.1) is 11.6 Å². The zero-order valence-electron chi connectivity index (χ0n) is 8.97. The van der Waals surface area contributed by atoms with Crippen LogP contribution >= 0.6 is 0 Å². The first kappa shape index (κ1) is 11.8. The quantitative estimate of drug-likeness (QED) is 0.869. The molecule has 0 aromatic heterocycles. The Bertz CT molecular complexity index is 457. The van der Waals surface area contributed by atoms with Crippen LogP contribution in [0.2, 0.25) is 0 Å². The zero-order chi connectivity index (χ0) is 12.6. The van der Waals surface area contributed by atoms with E-state index in [1.54, 1.807) is 13.0 Å². The molecule has 1 heterocycles. The molecule has 0 radical (unpaired) electrons. The number of rotatable bonds is 2. The minimum absolute atomic E-state index is 0.127. The molecule has 0 aliphatic carbocycles. The van der Waals surface area contributed by atoms with E-state index in [2.05, 4.69) is 10.1 Å². The maximum absolute atomic E-state index is 12.2. The van der Waals surface area contributed by atoms with E-state index >= 15 is 0 Å². The summed E-state index contributed by atoms with van der Waals surface area (Å²) in [7, 11) is 0. The van der Waals surface area contributed by atoms with Gasteiger partial charge in [-0.15, -0.1) is 13.2 Å². The molecule has 92 valence electrons. The Labute approximate surface area is 95.6 Å². The van der Waals surface area contributed by atoms with Crippen molar-refractivity contribution in [3.63, 3.8) is 0 Å². The molecule has 1 atom stereocenters. The third-order valence-corrected chi connectivity index (χ3v) is 2.63. The number of hydrogen-bond acceptors (Lipinski definition) is 2. The highest BCUT2D eigenvalue weighted by atomic mass is 19.4. The third-order valence-electron chi connectivity index (χ3n) is 2.63. The summed E-state index contributed by atoms with van der Waals surface area (Å²) in [6, 6.07) is 4.26. The Hall–Kier alpha value is -1.72. The summed E-state index contributed by atoms with van der Waals surface area (Å²) in [6.07, 6.45) is -4.22. The van der Waals surface area contributed by atoms with Gasteiger partial charge in [-0.25, -0.2) is 0 Å². The second kappa shape index (κ2) is 3.94. The number of benzene rings is 1. The average molecular weight is 245 g/mol. The fraction of sp³-hybridized carbons (Fsp3) is 0.364. The molecule has 1 N–H and O–H groups in total. The highest BCUT2D eigenvalue weighted by molar-refractivity contribution is 6.04.